The van der Waals surface area contributed by atoms with Gasteiger partial charge in [-0.15, -0.1) is 0 Å². The number of carbonyl (C=O) groups excluding carboxylic acids is 1. The van der Waals surface area contributed by atoms with Gasteiger partial charge in [0.1, 0.15) is 17.2 Å². The fraction of sp³-hybridized carbons (Fsp3) is 0.231. The molecule has 1 aliphatic rings. The first-order valence-electron chi connectivity index (χ1n) is 11.0. The van der Waals surface area contributed by atoms with Crippen LogP contribution in [0.4, 0.5) is 11.4 Å². The number of anilines is 1. The third-order valence-electron chi connectivity index (χ3n) is 5.74. The average molecular weight is 476 g/mol. The predicted molar refractivity (Wildman–Crippen MR) is 131 cm³/mol. The van der Waals surface area contributed by atoms with Gasteiger partial charge in [-0.2, -0.15) is 0 Å². The van der Waals surface area contributed by atoms with Gasteiger partial charge in [-0.1, -0.05) is 23.4 Å². The van der Waals surface area contributed by atoms with Crippen molar-refractivity contribution in [3.63, 3.8) is 0 Å². The van der Waals surface area contributed by atoms with Crippen molar-refractivity contribution in [2.75, 3.05) is 12.4 Å². The van der Waals surface area contributed by atoms with E-state index in [4.69, 9.17) is 14.3 Å². The molecular weight excluding hydrogens is 450 g/mol. The molecule has 9 heteroatoms. The largest absolute Gasteiger partial charge is 0.496 e. The summed E-state index contributed by atoms with van der Waals surface area (Å²) in [6.45, 7) is 5.83. The highest BCUT2D eigenvalue weighted by molar-refractivity contribution is 6.07. The van der Waals surface area contributed by atoms with Crippen molar-refractivity contribution in [3.8, 4) is 17.2 Å². The molecule has 1 heterocycles. The lowest BCUT2D eigenvalue weighted by Gasteiger charge is -2.14. The number of para-hydroxylation sites is 1. The van der Waals surface area contributed by atoms with E-state index in [0.29, 0.717) is 17.2 Å². The predicted octanol–water partition coefficient (Wildman–Crippen LogP) is 5.45. The number of nitrogens with one attached hydrogen (secondary N) is 1. The summed E-state index contributed by atoms with van der Waals surface area (Å²) in [6.07, 6.45) is -0.660. The Kier molecular flexibility index (Phi) is 6.68. The van der Waals surface area contributed by atoms with Gasteiger partial charge in [0.25, 0.3) is 11.6 Å². The summed E-state index contributed by atoms with van der Waals surface area (Å²) in [7, 11) is 1.56. The molecule has 0 aromatic heterocycles. The fourth-order valence-electron chi connectivity index (χ4n) is 3.84. The number of amides is 1. The third kappa shape index (κ3) is 5.24. The number of nitrogens with zero attached hydrogens (tertiary/aromatic N) is 2. The first-order chi connectivity index (χ1) is 16.7. The van der Waals surface area contributed by atoms with E-state index in [9.17, 15) is 14.9 Å². The second kappa shape index (κ2) is 9.84. The molecule has 0 radical (unpaired) electrons. The van der Waals surface area contributed by atoms with Crippen molar-refractivity contribution in [2.45, 2.75) is 33.3 Å². The first kappa shape index (κ1) is 23.7. The standard InChI is InChI=1S/C26H25N3O6/c1-15-9-16(2)17(3)24(10-15)34-20-12-18(11-19(13-20)29(31)32)27-26(30)25-14-22(28-35-25)21-7-5-6-8-23(21)33-4/h5-13,25H,14H2,1-4H3,(H,27,30). The van der Waals surface area contributed by atoms with Gasteiger partial charge in [0.2, 0.25) is 6.10 Å². The second-order valence-electron chi connectivity index (χ2n) is 8.31. The highest BCUT2D eigenvalue weighted by atomic mass is 16.6. The molecule has 0 fully saturated rings. The Bertz CT molecular complexity index is 1330. The first-order valence-corrected chi connectivity index (χ1v) is 11.0. The van der Waals surface area contributed by atoms with Crippen LogP contribution in [-0.4, -0.2) is 29.8 Å². The lowest BCUT2D eigenvalue weighted by molar-refractivity contribution is -0.384. The number of oxime groups is 1. The maximum Gasteiger partial charge on any atom is 0.275 e. The molecule has 4 rings (SSSR count). The molecule has 0 spiro atoms. The molecular formula is C26H25N3O6. The zero-order valence-electron chi connectivity index (χ0n) is 19.8. The molecule has 35 heavy (non-hydrogen) atoms. The van der Waals surface area contributed by atoms with Crippen LogP contribution in [0.5, 0.6) is 17.2 Å². The molecule has 1 N–H and O–H groups in total. The van der Waals surface area contributed by atoms with Crippen LogP contribution < -0.4 is 14.8 Å². The maximum absolute atomic E-state index is 12.9. The highest BCUT2D eigenvalue weighted by Gasteiger charge is 2.30. The quantitative estimate of drug-likeness (QED) is 0.359. The number of nitro groups is 1. The van der Waals surface area contributed by atoms with E-state index in [1.807, 2.05) is 51.1 Å². The lowest BCUT2D eigenvalue weighted by Crippen LogP contribution is -2.28. The number of ether oxygens (including phenoxy) is 2. The minimum absolute atomic E-state index is 0.210. The number of benzene rings is 3. The van der Waals surface area contributed by atoms with Crippen LogP contribution in [0.3, 0.4) is 0 Å². The molecule has 0 aliphatic carbocycles. The van der Waals surface area contributed by atoms with E-state index in [-0.39, 0.29) is 23.5 Å². The monoisotopic (exact) mass is 475 g/mol. The van der Waals surface area contributed by atoms with Gasteiger partial charge < -0.3 is 19.6 Å². The highest BCUT2D eigenvalue weighted by Crippen LogP contribution is 2.33. The molecule has 3 aromatic carbocycles. The van der Waals surface area contributed by atoms with Crippen LogP contribution in [0.25, 0.3) is 0 Å². The summed E-state index contributed by atoms with van der Waals surface area (Å²) in [5.41, 5.74) is 4.30. The zero-order chi connectivity index (χ0) is 25.1. The summed E-state index contributed by atoms with van der Waals surface area (Å²) < 4.78 is 11.3. The summed E-state index contributed by atoms with van der Waals surface area (Å²) >= 11 is 0. The summed E-state index contributed by atoms with van der Waals surface area (Å²) in [6, 6.07) is 15.3. The molecule has 1 amide bonds. The smallest absolute Gasteiger partial charge is 0.275 e. The third-order valence-corrected chi connectivity index (χ3v) is 5.74. The zero-order valence-corrected chi connectivity index (χ0v) is 19.8. The van der Waals surface area contributed by atoms with Gasteiger partial charge in [-0.3, -0.25) is 14.9 Å². The number of methoxy groups -OCH3 is 1. The van der Waals surface area contributed by atoms with Crippen LogP contribution in [0.1, 0.15) is 28.7 Å². The topological polar surface area (TPSA) is 112 Å². The van der Waals surface area contributed by atoms with Crippen LogP contribution in [0.15, 0.2) is 59.8 Å². The maximum atomic E-state index is 12.9. The number of carbonyl (C=O) groups is 1. The van der Waals surface area contributed by atoms with Gasteiger partial charge in [0, 0.05) is 24.1 Å². The number of aryl methyl sites for hydroxylation is 2. The number of non-ortho nitro benzene ring substituents is 1. The molecule has 180 valence electrons. The van der Waals surface area contributed by atoms with Crippen molar-refractivity contribution < 1.29 is 24.0 Å². The van der Waals surface area contributed by atoms with Crippen molar-refractivity contribution in [1.29, 1.82) is 0 Å². The van der Waals surface area contributed by atoms with Gasteiger partial charge in [0.05, 0.1) is 29.5 Å². The SMILES string of the molecule is COc1ccccc1C1=NOC(C(=O)Nc2cc(Oc3cc(C)cc(C)c3C)cc([N+](=O)[O-])c2)C1. The Morgan fingerprint density at radius 1 is 1.11 bits per heavy atom. The van der Waals surface area contributed by atoms with Crippen molar-refractivity contribution in [3.05, 3.63) is 87.0 Å². The molecule has 0 bridgehead atoms. The van der Waals surface area contributed by atoms with Crippen molar-refractivity contribution in [1.82, 2.24) is 0 Å². The number of nitro benzene ring substituents is 1. The molecule has 1 atom stereocenters. The Balaban J connectivity index is 1.53. The molecule has 0 saturated carbocycles. The Hall–Kier alpha value is -4.40. The molecule has 0 saturated heterocycles. The van der Waals surface area contributed by atoms with Crippen LogP contribution in [-0.2, 0) is 9.63 Å². The minimum Gasteiger partial charge on any atom is -0.496 e. The van der Waals surface area contributed by atoms with E-state index in [2.05, 4.69) is 10.5 Å². The molecule has 1 aliphatic heterocycles. The summed E-state index contributed by atoms with van der Waals surface area (Å²) in [5.74, 6) is 0.973. The molecule has 3 aromatic rings. The molecule has 1 unspecified atom stereocenters. The Morgan fingerprint density at radius 2 is 1.89 bits per heavy atom. The Labute approximate surface area is 202 Å². The van der Waals surface area contributed by atoms with E-state index in [1.54, 1.807) is 19.2 Å². The van der Waals surface area contributed by atoms with Gasteiger partial charge in [0.15, 0.2) is 0 Å². The summed E-state index contributed by atoms with van der Waals surface area (Å²) in [4.78, 5) is 29.2. The van der Waals surface area contributed by atoms with Crippen LogP contribution >= 0.6 is 0 Å². The number of rotatable bonds is 7. The number of hydrogen-bond donors (Lipinski definition) is 1. The van der Waals surface area contributed by atoms with Gasteiger partial charge in [-0.25, -0.2) is 0 Å². The second-order valence-corrected chi connectivity index (χ2v) is 8.31. The van der Waals surface area contributed by atoms with Crippen LogP contribution in [0.2, 0.25) is 0 Å². The van der Waals surface area contributed by atoms with E-state index in [1.165, 1.54) is 12.1 Å². The van der Waals surface area contributed by atoms with Gasteiger partial charge >= 0.3 is 0 Å². The fourth-order valence-corrected chi connectivity index (χ4v) is 3.84. The lowest BCUT2D eigenvalue weighted by atomic mass is 10.0. The van der Waals surface area contributed by atoms with Gasteiger partial charge in [-0.05, 0) is 55.7 Å². The Morgan fingerprint density at radius 3 is 2.63 bits per heavy atom. The number of hydrogen-bond acceptors (Lipinski definition) is 7. The minimum atomic E-state index is -0.889. The van der Waals surface area contributed by atoms with Crippen molar-refractivity contribution in [2.24, 2.45) is 5.16 Å². The summed E-state index contributed by atoms with van der Waals surface area (Å²) in [5, 5.41) is 18.3. The van der Waals surface area contributed by atoms with E-state index in [0.717, 1.165) is 22.3 Å². The normalized spacial score (nSPS) is 14.6. The van der Waals surface area contributed by atoms with Crippen LogP contribution in [0, 0.1) is 30.9 Å². The average Bonchev–Trinajstić information content (AvgIpc) is 3.32. The van der Waals surface area contributed by atoms with E-state index >= 15 is 0 Å². The molecule has 9 nitrogen and oxygen atoms in total. The van der Waals surface area contributed by atoms with Crippen molar-refractivity contribution >= 4 is 23.0 Å². The van der Waals surface area contributed by atoms with E-state index < -0.39 is 16.9 Å².